The van der Waals surface area contributed by atoms with E-state index in [0.717, 1.165) is 24.9 Å². The summed E-state index contributed by atoms with van der Waals surface area (Å²) in [6.07, 6.45) is 2.17. The normalized spacial score (nSPS) is 20.3. The SMILES string of the molecule is COc1ccc(CNC2CC(C)(C)NC(C)(C)C2)c(Cl)c1OC. The number of hydrogen-bond donors (Lipinski definition) is 2. The van der Waals surface area contributed by atoms with E-state index in [4.69, 9.17) is 21.1 Å². The molecular weight excluding hydrogens is 312 g/mol. The van der Waals surface area contributed by atoms with Crippen molar-refractivity contribution in [2.45, 2.75) is 64.2 Å². The van der Waals surface area contributed by atoms with Crippen molar-refractivity contribution in [3.05, 3.63) is 22.7 Å². The second-order valence-electron chi connectivity index (χ2n) is 7.65. The number of halogens is 1. The summed E-state index contributed by atoms with van der Waals surface area (Å²) in [5, 5.41) is 7.98. The van der Waals surface area contributed by atoms with Crippen LogP contribution < -0.4 is 20.1 Å². The molecule has 1 aromatic carbocycles. The number of nitrogens with one attached hydrogen (secondary N) is 2. The third kappa shape index (κ3) is 4.52. The van der Waals surface area contributed by atoms with Crippen LogP contribution in [0.5, 0.6) is 11.5 Å². The molecule has 0 aromatic heterocycles. The standard InChI is InChI=1S/C18H29ClN2O2/c1-17(2)9-13(10-18(3,4)21-17)20-11-12-7-8-14(22-5)16(23-6)15(12)19/h7-8,13,20-21H,9-11H2,1-6H3. The van der Waals surface area contributed by atoms with Crippen LogP contribution >= 0.6 is 11.6 Å². The van der Waals surface area contributed by atoms with Gasteiger partial charge in [-0.1, -0.05) is 17.7 Å². The summed E-state index contributed by atoms with van der Waals surface area (Å²) in [5.74, 6) is 1.25. The van der Waals surface area contributed by atoms with E-state index in [1.165, 1.54) is 0 Å². The maximum atomic E-state index is 6.47. The fourth-order valence-corrected chi connectivity index (χ4v) is 4.09. The zero-order chi connectivity index (χ0) is 17.3. The zero-order valence-corrected chi connectivity index (χ0v) is 15.8. The van der Waals surface area contributed by atoms with Gasteiger partial charge in [0.15, 0.2) is 11.5 Å². The number of hydrogen-bond acceptors (Lipinski definition) is 4. The highest BCUT2D eigenvalue weighted by Crippen LogP contribution is 2.37. The predicted octanol–water partition coefficient (Wildman–Crippen LogP) is 3.76. The van der Waals surface area contributed by atoms with E-state index in [1.54, 1.807) is 14.2 Å². The molecule has 130 valence electrons. The summed E-state index contributed by atoms with van der Waals surface area (Å²) in [4.78, 5) is 0. The predicted molar refractivity (Wildman–Crippen MR) is 95.7 cm³/mol. The van der Waals surface area contributed by atoms with Crippen molar-refractivity contribution in [2.75, 3.05) is 14.2 Å². The molecule has 1 saturated heterocycles. The average Bonchev–Trinajstić information content (AvgIpc) is 2.42. The molecule has 1 aliphatic rings. The Bertz CT molecular complexity index is 542. The van der Waals surface area contributed by atoms with E-state index < -0.39 is 0 Å². The van der Waals surface area contributed by atoms with Crippen LogP contribution in [0.3, 0.4) is 0 Å². The van der Waals surface area contributed by atoms with Gasteiger partial charge in [0.2, 0.25) is 0 Å². The summed E-state index contributed by atoms with van der Waals surface area (Å²) in [6.45, 7) is 9.74. The van der Waals surface area contributed by atoms with Gasteiger partial charge in [0, 0.05) is 23.7 Å². The fraction of sp³-hybridized carbons (Fsp3) is 0.667. The summed E-state index contributed by atoms with van der Waals surface area (Å²) in [7, 11) is 3.23. The van der Waals surface area contributed by atoms with Gasteiger partial charge in [-0.25, -0.2) is 0 Å². The van der Waals surface area contributed by atoms with Crippen LogP contribution in [-0.2, 0) is 6.54 Å². The van der Waals surface area contributed by atoms with E-state index in [2.05, 4.69) is 38.3 Å². The Kier molecular flexibility index (Phi) is 5.49. The van der Waals surface area contributed by atoms with Crippen molar-refractivity contribution in [3.8, 4) is 11.5 Å². The fourth-order valence-electron chi connectivity index (χ4n) is 3.79. The summed E-state index contributed by atoms with van der Waals surface area (Å²) < 4.78 is 10.7. The molecule has 5 heteroatoms. The summed E-state index contributed by atoms with van der Waals surface area (Å²) in [6, 6.07) is 4.34. The highest BCUT2D eigenvalue weighted by molar-refractivity contribution is 6.33. The van der Waals surface area contributed by atoms with Crippen molar-refractivity contribution in [1.29, 1.82) is 0 Å². The van der Waals surface area contributed by atoms with Crippen molar-refractivity contribution in [1.82, 2.24) is 10.6 Å². The van der Waals surface area contributed by atoms with Gasteiger partial charge in [0.25, 0.3) is 0 Å². The molecule has 0 saturated carbocycles. The molecular formula is C18H29ClN2O2. The largest absolute Gasteiger partial charge is 0.493 e. The molecule has 2 rings (SSSR count). The Morgan fingerprint density at radius 3 is 2.26 bits per heavy atom. The van der Waals surface area contributed by atoms with Crippen molar-refractivity contribution in [2.24, 2.45) is 0 Å². The molecule has 0 aliphatic carbocycles. The maximum Gasteiger partial charge on any atom is 0.179 e. The van der Waals surface area contributed by atoms with Gasteiger partial charge in [-0.15, -0.1) is 0 Å². The Labute approximate surface area is 144 Å². The number of benzene rings is 1. The molecule has 0 amide bonds. The van der Waals surface area contributed by atoms with Crippen LogP contribution in [-0.4, -0.2) is 31.3 Å². The third-order valence-electron chi connectivity index (χ3n) is 4.34. The molecule has 1 heterocycles. The average molecular weight is 341 g/mol. The minimum absolute atomic E-state index is 0.126. The van der Waals surface area contributed by atoms with Crippen LogP contribution in [0.25, 0.3) is 0 Å². The summed E-state index contributed by atoms with van der Waals surface area (Å²) in [5.41, 5.74) is 1.28. The minimum atomic E-state index is 0.126. The zero-order valence-electron chi connectivity index (χ0n) is 15.0. The van der Waals surface area contributed by atoms with Gasteiger partial charge in [-0.05, 0) is 52.2 Å². The molecule has 0 spiro atoms. The van der Waals surface area contributed by atoms with Gasteiger partial charge in [-0.3, -0.25) is 0 Å². The van der Waals surface area contributed by atoms with Crippen LogP contribution in [0.15, 0.2) is 12.1 Å². The number of piperidine rings is 1. The smallest absolute Gasteiger partial charge is 0.179 e. The maximum absolute atomic E-state index is 6.47. The van der Waals surface area contributed by atoms with Gasteiger partial charge in [-0.2, -0.15) is 0 Å². The van der Waals surface area contributed by atoms with Gasteiger partial charge in [0.05, 0.1) is 19.2 Å². The van der Waals surface area contributed by atoms with Crippen molar-refractivity contribution >= 4 is 11.6 Å². The number of ether oxygens (including phenoxy) is 2. The number of methoxy groups -OCH3 is 2. The van der Waals surface area contributed by atoms with Crippen LogP contribution in [0.4, 0.5) is 0 Å². The lowest BCUT2D eigenvalue weighted by atomic mass is 9.79. The van der Waals surface area contributed by atoms with E-state index >= 15 is 0 Å². The Hall–Kier alpha value is -0.970. The van der Waals surface area contributed by atoms with Crippen LogP contribution in [0.2, 0.25) is 5.02 Å². The molecule has 2 N–H and O–H groups in total. The molecule has 1 aromatic rings. The van der Waals surface area contributed by atoms with Crippen LogP contribution in [0.1, 0.15) is 46.1 Å². The third-order valence-corrected chi connectivity index (χ3v) is 4.75. The lowest BCUT2D eigenvalue weighted by Gasteiger charge is -2.46. The molecule has 0 bridgehead atoms. The topological polar surface area (TPSA) is 42.5 Å². The number of rotatable bonds is 5. The van der Waals surface area contributed by atoms with Gasteiger partial charge < -0.3 is 20.1 Å². The molecule has 23 heavy (non-hydrogen) atoms. The van der Waals surface area contributed by atoms with Gasteiger partial charge >= 0.3 is 0 Å². The quantitative estimate of drug-likeness (QED) is 0.856. The first-order valence-electron chi connectivity index (χ1n) is 8.09. The summed E-state index contributed by atoms with van der Waals surface area (Å²) >= 11 is 6.47. The minimum Gasteiger partial charge on any atom is -0.493 e. The molecule has 1 fully saturated rings. The monoisotopic (exact) mass is 340 g/mol. The second-order valence-corrected chi connectivity index (χ2v) is 8.03. The Morgan fingerprint density at radius 2 is 1.74 bits per heavy atom. The van der Waals surface area contributed by atoms with Gasteiger partial charge in [0.1, 0.15) is 0 Å². The molecule has 0 atom stereocenters. The highest BCUT2D eigenvalue weighted by atomic mass is 35.5. The molecule has 0 unspecified atom stereocenters. The lowest BCUT2D eigenvalue weighted by Crippen LogP contribution is -2.61. The Morgan fingerprint density at radius 1 is 1.13 bits per heavy atom. The van der Waals surface area contributed by atoms with E-state index in [1.807, 2.05) is 12.1 Å². The molecule has 4 nitrogen and oxygen atoms in total. The molecule has 0 radical (unpaired) electrons. The molecule has 1 aliphatic heterocycles. The second kappa shape index (κ2) is 6.88. The first-order valence-corrected chi connectivity index (χ1v) is 8.47. The Balaban J connectivity index is 2.09. The van der Waals surface area contributed by atoms with Crippen LogP contribution in [0, 0.1) is 0 Å². The van der Waals surface area contributed by atoms with Crippen molar-refractivity contribution < 1.29 is 9.47 Å². The first-order chi connectivity index (χ1) is 10.7. The lowest BCUT2D eigenvalue weighted by molar-refractivity contribution is 0.145. The van der Waals surface area contributed by atoms with E-state index in [-0.39, 0.29) is 11.1 Å². The van der Waals surface area contributed by atoms with E-state index in [9.17, 15) is 0 Å². The first kappa shape index (κ1) is 18.4. The highest BCUT2D eigenvalue weighted by Gasteiger charge is 2.37. The van der Waals surface area contributed by atoms with Crippen molar-refractivity contribution in [3.63, 3.8) is 0 Å². The van der Waals surface area contributed by atoms with E-state index in [0.29, 0.717) is 22.6 Å².